The number of quaternary nitrogens is 1. The summed E-state index contributed by atoms with van der Waals surface area (Å²) in [5.41, 5.74) is -0.974. The van der Waals surface area contributed by atoms with Gasteiger partial charge in [0.15, 0.2) is 0 Å². The van der Waals surface area contributed by atoms with E-state index in [0.717, 1.165) is 25.9 Å². The molecule has 0 radical (unpaired) electrons. The van der Waals surface area contributed by atoms with Crippen LogP contribution in [-0.2, 0) is 19.1 Å². The summed E-state index contributed by atoms with van der Waals surface area (Å²) in [5, 5.41) is 2.29. The maximum atomic E-state index is 11.9. The van der Waals surface area contributed by atoms with E-state index < -0.39 is 11.2 Å². The fraction of sp³-hybridized carbons (Fsp3) is 0.875. The van der Waals surface area contributed by atoms with Crippen molar-refractivity contribution in [1.29, 1.82) is 0 Å². The van der Waals surface area contributed by atoms with Crippen LogP contribution in [0.4, 0.5) is 0 Å². The summed E-state index contributed by atoms with van der Waals surface area (Å²) in [4.78, 5) is 23.5. The molecule has 1 aliphatic rings. The Hall–Kier alpha value is -1.10. The molecule has 1 heterocycles. The summed E-state index contributed by atoms with van der Waals surface area (Å²) in [6.07, 6.45) is 2.28. The molecule has 0 aromatic rings. The van der Waals surface area contributed by atoms with E-state index in [1.165, 1.54) is 0 Å². The van der Waals surface area contributed by atoms with Crippen LogP contribution in [0, 0.1) is 5.92 Å². The summed E-state index contributed by atoms with van der Waals surface area (Å²) in [5.74, 6) is -0.280. The minimum absolute atomic E-state index is 0.0740. The lowest BCUT2D eigenvalue weighted by Crippen LogP contribution is -2.86. The molecular weight excluding hydrogens is 270 g/mol. The first-order valence-corrected chi connectivity index (χ1v) is 7.85. The highest BCUT2D eigenvalue weighted by atomic mass is 16.6. The first kappa shape index (κ1) is 18.0. The highest BCUT2D eigenvalue weighted by Crippen LogP contribution is 2.28. The second-order valence-electron chi connectivity index (χ2n) is 7.30. The largest absolute Gasteiger partial charge is 0.460 e. The first-order valence-electron chi connectivity index (χ1n) is 7.85. The summed E-state index contributed by atoms with van der Waals surface area (Å²) in [7, 11) is 0. The number of carbonyl (C=O) groups is 2. The molecule has 1 aliphatic heterocycles. The van der Waals surface area contributed by atoms with Crippen LogP contribution in [0.5, 0.6) is 0 Å². The van der Waals surface area contributed by atoms with Gasteiger partial charge >= 0.3 is 11.9 Å². The molecule has 0 aromatic carbocycles. The quantitative estimate of drug-likeness (QED) is 0.779. The molecule has 1 saturated heterocycles. The summed E-state index contributed by atoms with van der Waals surface area (Å²) in [6, 6.07) is 0. The van der Waals surface area contributed by atoms with E-state index in [2.05, 4.69) is 5.32 Å². The van der Waals surface area contributed by atoms with Crippen molar-refractivity contribution < 1.29 is 24.4 Å². The molecule has 0 unspecified atom stereocenters. The molecule has 2 N–H and O–H groups in total. The van der Waals surface area contributed by atoms with E-state index in [1.54, 1.807) is 0 Å². The Labute approximate surface area is 127 Å². The van der Waals surface area contributed by atoms with Crippen LogP contribution in [0.15, 0.2) is 0 Å². The van der Waals surface area contributed by atoms with E-state index >= 15 is 0 Å². The Morgan fingerprint density at radius 3 is 1.90 bits per heavy atom. The highest BCUT2D eigenvalue weighted by Gasteiger charge is 2.35. The molecule has 0 aromatic heterocycles. The highest BCUT2D eigenvalue weighted by molar-refractivity contribution is 5.78. The maximum absolute atomic E-state index is 11.9. The number of esters is 2. The van der Waals surface area contributed by atoms with Gasteiger partial charge in [0.05, 0.1) is 25.9 Å². The Morgan fingerprint density at radius 2 is 1.43 bits per heavy atom. The number of carbonyl (C=O) groups excluding carboxylic acids is 2. The van der Waals surface area contributed by atoms with Crippen molar-refractivity contribution in [3.63, 3.8) is 0 Å². The van der Waals surface area contributed by atoms with Crippen molar-refractivity contribution in [2.24, 2.45) is 5.92 Å². The van der Waals surface area contributed by atoms with Crippen LogP contribution in [0.25, 0.3) is 0 Å². The van der Waals surface area contributed by atoms with Gasteiger partial charge < -0.3 is 14.8 Å². The van der Waals surface area contributed by atoms with Crippen LogP contribution >= 0.6 is 0 Å². The molecule has 0 saturated carbocycles. The zero-order chi connectivity index (χ0) is 16.1. The predicted molar refractivity (Wildman–Crippen MR) is 79.6 cm³/mol. The average Bonchev–Trinajstić information content (AvgIpc) is 2.35. The van der Waals surface area contributed by atoms with Gasteiger partial charge in [-0.25, -0.2) is 0 Å². The topological polar surface area (TPSA) is 69.2 Å². The lowest BCUT2D eigenvalue weighted by molar-refractivity contribution is -0.665. The molecule has 21 heavy (non-hydrogen) atoms. The Morgan fingerprint density at radius 1 is 0.952 bits per heavy atom. The summed E-state index contributed by atoms with van der Waals surface area (Å²) >= 11 is 0. The number of hydrogen-bond donors (Lipinski definition) is 1. The third-order valence-electron chi connectivity index (χ3n) is 3.75. The molecule has 0 spiro atoms. The van der Waals surface area contributed by atoms with Crippen LogP contribution in [0.2, 0.25) is 0 Å². The maximum Gasteiger partial charge on any atom is 0.306 e. The normalized spacial score (nSPS) is 17.4. The van der Waals surface area contributed by atoms with Gasteiger partial charge in [0, 0.05) is 18.8 Å². The molecular formula is C16H30NO4+. The van der Waals surface area contributed by atoms with Gasteiger partial charge in [-0.15, -0.1) is 0 Å². The van der Waals surface area contributed by atoms with Gasteiger partial charge in [0.25, 0.3) is 0 Å². The van der Waals surface area contributed by atoms with E-state index in [0.29, 0.717) is 5.92 Å². The van der Waals surface area contributed by atoms with Crippen LogP contribution < -0.4 is 5.32 Å². The van der Waals surface area contributed by atoms with Crippen molar-refractivity contribution in [2.75, 3.05) is 13.1 Å². The molecule has 0 atom stereocenters. The number of hydrogen-bond acceptors (Lipinski definition) is 4. The van der Waals surface area contributed by atoms with Crippen LogP contribution in [0.1, 0.15) is 60.3 Å². The minimum atomic E-state index is -0.515. The lowest BCUT2D eigenvalue weighted by Gasteiger charge is -2.35. The van der Waals surface area contributed by atoms with Crippen LogP contribution in [-0.4, -0.2) is 36.2 Å². The Balaban J connectivity index is 2.37. The minimum Gasteiger partial charge on any atom is -0.460 e. The molecule has 0 amide bonds. The standard InChI is InChI=1S/C16H29NO4/c1-15(2,3)20-13(18)6-7-14(19)21-16(4,5)12-8-10-17-11-9-12/h12,17H,6-11H2,1-5H3/p+1. The average molecular weight is 300 g/mol. The molecule has 5 heteroatoms. The Kier molecular flexibility index (Phi) is 6.20. The predicted octanol–water partition coefficient (Wildman–Crippen LogP) is 1.40. The van der Waals surface area contributed by atoms with E-state index in [9.17, 15) is 9.59 Å². The van der Waals surface area contributed by atoms with Gasteiger partial charge in [0.2, 0.25) is 0 Å². The lowest BCUT2D eigenvalue weighted by atomic mass is 9.83. The first-order chi connectivity index (χ1) is 9.60. The van der Waals surface area contributed by atoms with Crippen molar-refractivity contribution in [2.45, 2.75) is 71.5 Å². The number of rotatable bonds is 5. The molecule has 0 bridgehead atoms. The third kappa shape index (κ3) is 6.93. The molecule has 1 rings (SSSR count). The second-order valence-corrected chi connectivity index (χ2v) is 7.30. The summed E-state index contributed by atoms with van der Waals surface area (Å²) < 4.78 is 10.8. The number of ether oxygens (including phenoxy) is 2. The molecule has 122 valence electrons. The fourth-order valence-corrected chi connectivity index (χ4v) is 2.65. The van der Waals surface area contributed by atoms with Gasteiger partial charge in [-0.3, -0.25) is 9.59 Å². The van der Waals surface area contributed by atoms with Crippen molar-refractivity contribution in [3.05, 3.63) is 0 Å². The van der Waals surface area contributed by atoms with Crippen molar-refractivity contribution in [1.82, 2.24) is 0 Å². The Bertz CT molecular complexity index is 365. The molecule has 0 aliphatic carbocycles. The van der Waals surface area contributed by atoms with Crippen LogP contribution in [0.3, 0.4) is 0 Å². The van der Waals surface area contributed by atoms with E-state index in [4.69, 9.17) is 9.47 Å². The third-order valence-corrected chi connectivity index (χ3v) is 3.75. The smallest absolute Gasteiger partial charge is 0.306 e. The van der Waals surface area contributed by atoms with Gasteiger partial charge in [0.1, 0.15) is 11.2 Å². The SMILES string of the molecule is CC(C)(C)OC(=O)CCC(=O)OC(C)(C)C1CC[NH2+]CC1. The van der Waals surface area contributed by atoms with Gasteiger partial charge in [-0.2, -0.15) is 0 Å². The van der Waals surface area contributed by atoms with E-state index in [1.807, 2.05) is 34.6 Å². The van der Waals surface area contributed by atoms with E-state index in [-0.39, 0.29) is 24.8 Å². The zero-order valence-electron chi connectivity index (χ0n) is 14.0. The fourth-order valence-electron chi connectivity index (χ4n) is 2.65. The molecule has 5 nitrogen and oxygen atoms in total. The number of piperidine rings is 1. The summed E-state index contributed by atoms with van der Waals surface area (Å²) in [6.45, 7) is 11.5. The van der Waals surface area contributed by atoms with Gasteiger partial charge in [-0.1, -0.05) is 0 Å². The molecule has 1 fully saturated rings. The van der Waals surface area contributed by atoms with Crippen molar-refractivity contribution >= 4 is 11.9 Å². The zero-order valence-corrected chi connectivity index (χ0v) is 14.0. The monoisotopic (exact) mass is 300 g/mol. The number of nitrogens with two attached hydrogens (primary N) is 1. The second kappa shape index (κ2) is 7.25. The van der Waals surface area contributed by atoms with Gasteiger partial charge in [-0.05, 0) is 34.6 Å². The van der Waals surface area contributed by atoms with Crippen molar-refractivity contribution in [3.8, 4) is 0 Å².